The second-order valence-corrected chi connectivity index (χ2v) is 16.8. The molecule has 2 aromatic rings. The molecule has 0 aromatic carbocycles. The first-order chi connectivity index (χ1) is 24.0. The standard InChI is InChI=1S/C20H29N3O4.C20H32N2O4/c1-9-13(2)16-14(12-21)10-11-15(22-16)23(17(24)26-19(3,4)5)18(25)27-20(6,7)8;1-10-13(2)16-14(3)11-12-15(21-16)22(17(23)25-19(4,5)6)18(24)26-20(7,8)9/h10-11,13H,9H2,1-8H3;11-13H,10H2,1-9H3/t2*13-/m01/s1. The number of nitrogens with zero attached hydrogens (tertiary/aromatic N) is 5. The van der Waals surface area contributed by atoms with E-state index in [-0.39, 0.29) is 23.5 Å². The minimum Gasteiger partial charge on any atom is -0.443 e. The smallest absolute Gasteiger partial charge is 0.425 e. The largest absolute Gasteiger partial charge is 0.443 e. The van der Waals surface area contributed by atoms with Crippen molar-refractivity contribution in [3.05, 3.63) is 46.8 Å². The SMILES string of the molecule is CC[C@@H](C)c1nc(N(C(=O)OC(C)(C)C)C(=O)OC(C)(C)C)ccc1C.CC[C@H](C)c1nc(N(C(=O)OC(C)(C)C)C(=O)OC(C)(C)C)ccc1C#N. The lowest BCUT2D eigenvalue weighted by Crippen LogP contribution is -2.44. The molecule has 0 radical (unpaired) electrons. The van der Waals surface area contributed by atoms with Gasteiger partial charge in [0, 0.05) is 5.69 Å². The van der Waals surface area contributed by atoms with E-state index in [0.29, 0.717) is 11.3 Å². The highest BCUT2D eigenvalue weighted by Gasteiger charge is 2.35. The Labute approximate surface area is 316 Å². The molecule has 0 bridgehead atoms. The van der Waals surface area contributed by atoms with Gasteiger partial charge in [-0.1, -0.05) is 33.8 Å². The van der Waals surface area contributed by atoms with Crippen LogP contribution >= 0.6 is 0 Å². The second kappa shape index (κ2) is 18.3. The fourth-order valence-electron chi connectivity index (χ4n) is 4.36. The number of carbonyl (C=O) groups is 4. The van der Waals surface area contributed by atoms with Gasteiger partial charge in [0.05, 0.1) is 11.3 Å². The average Bonchev–Trinajstić information content (AvgIpc) is 2.98. The van der Waals surface area contributed by atoms with Crippen molar-refractivity contribution >= 4 is 36.0 Å². The molecule has 0 aliphatic carbocycles. The Morgan fingerprint density at radius 3 is 1.21 bits per heavy atom. The van der Waals surface area contributed by atoms with Gasteiger partial charge in [-0.05, 0) is 138 Å². The molecule has 294 valence electrons. The molecule has 53 heavy (non-hydrogen) atoms. The van der Waals surface area contributed by atoms with E-state index in [1.165, 1.54) is 6.07 Å². The summed E-state index contributed by atoms with van der Waals surface area (Å²) in [6.45, 7) is 30.7. The molecule has 13 heteroatoms. The third-order valence-corrected chi connectivity index (χ3v) is 7.07. The van der Waals surface area contributed by atoms with Crippen LogP contribution < -0.4 is 9.80 Å². The van der Waals surface area contributed by atoms with Gasteiger partial charge in [-0.2, -0.15) is 15.1 Å². The molecule has 0 unspecified atom stereocenters. The number of aryl methyl sites for hydroxylation is 1. The summed E-state index contributed by atoms with van der Waals surface area (Å²) in [5.74, 6) is 0.454. The molecule has 2 rings (SSSR count). The fourth-order valence-corrected chi connectivity index (χ4v) is 4.36. The van der Waals surface area contributed by atoms with Gasteiger partial charge in [-0.15, -0.1) is 0 Å². The van der Waals surface area contributed by atoms with Crippen LogP contribution in [0.3, 0.4) is 0 Å². The molecule has 2 atom stereocenters. The van der Waals surface area contributed by atoms with Gasteiger partial charge < -0.3 is 18.9 Å². The van der Waals surface area contributed by atoms with Crippen molar-refractivity contribution in [2.24, 2.45) is 0 Å². The van der Waals surface area contributed by atoms with Crippen molar-refractivity contribution in [2.75, 3.05) is 9.80 Å². The number of rotatable bonds is 6. The lowest BCUT2D eigenvalue weighted by atomic mass is 10.00. The van der Waals surface area contributed by atoms with Crippen molar-refractivity contribution < 1.29 is 38.1 Å². The third-order valence-electron chi connectivity index (χ3n) is 7.07. The minimum atomic E-state index is -0.885. The van der Waals surface area contributed by atoms with Crippen molar-refractivity contribution in [3.8, 4) is 6.07 Å². The quantitative estimate of drug-likeness (QED) is 0.259. The number of imide groups is 2. The summed E-state index contributed by atoms with van der Waals surface area (Å²) >= 11 is 0. The van der Waals surface area contributed by atoms with E-state index in [1.54, 1.807) is 95.2 Å². The van der Waals surface area contributed by atoms with E-state index < -0.39 is 46.8 Å². The monoisotopic (exact) mass is 739 g/mol. The Hall–Kier alpha value is -4.73. The Kier molecular flexibility index (Phi) is 16.0. The van der Waals surface area contributed by atoms with E-state index in [4.69, 9.17) is 18.9 Å². The zero-order chi connectivity index (χ0) is 41.3. The molecule has 0 spiro atoms. The summed E-state index contributed by atoms with van der Waals surface area (Å²) in [4.78, 5) is 61.4. The summed E-state index contributed by atoms with van der Waals surface area (Å²) in [6.07, 6.45) is -1.73. The molecule has 0 N–H and O–H groups in total. The fraction of sp³-hybridized carbons (Fsp3) is 0.625. The van der Waals surface area contributed by atoms with Crippen LogP contribution in [0.25, 0.3) is 0 Å². The maximum Gasteiger partial charge on any atom is 0.425 e. The summed E-state index contributed by atoms with van der Waals surface area (Å²) in [5, 5.41) is 9.33. The molecule has 2 aromatic heterocycles. The van der Waals surface area contributed by atoms with Gasteiger partial charge in [0.1, 0.15) is 40.1 Å². The average molecular weight is 740 g/mol. The lowest BCUT2D eigenvalue weighted by Gasteiger charge is -2.28. The highest BCUT2D eigenvalue weighted by Crippen LogP contribution is 2.28. The summed E-state index contributed by atoms with van der Waals surface area (Å²) in [7, 11) is 0. The van der Waals surface area contributed by atoms with Crippen LogP contribution in [0.2, 0.25) is 0 Å². The Bertz CT molecular complexity index is 1580. The van der Waals surface area contributed by atoms with Gasteiger partial charge in [0.25, 0.3) is 0 Å². The van der Waals surface area contributed by atoms with Crippen LogP contribution in [0.4, 0.5) is 30.8 Å². The number of carbonyl (C=O) groups excluding carboxylic acids is 4. The van der Waals surface area contributed by atoms with Gasteiger partial charge in [0.15, 0.2) is 0 Å². The number of hydrogen-bond donors (Lipinski definition) is 0. The first kappa shape index (κ1) is 46.3. The van der Waals surface area contributed by atoms with E-state index in [9.17, 15) is 24.4 Å². The number of hydrogen-bond acceptors (Lipinski definition) is 11. The van der Waals surface area contributed by atoms with Crippen LogP contribution in [-0.2, 0) is 18.9 Å². The normalized spacial score (nSPS) is 12.9. The molecule has 0 saturated carbocycles. The number of nitriles is 1. The minimum absolute atomic E-state index is 0.0151. The highest BCUT2D eigenvalue weighted by molar-refractivity contribution is 6.09. The molecule has 0 saturated heterocycles. The van der Waals surface area contributed by atoms with Crippen LogP contribution in [0.1, 0.15) is 158 Å². The molecule has 4 amide bonds. The molecule has 0 aliphatic heterocycles. The van der Waals surface area contributed by atoms with Crippen LogP contribution in [0, 0.1) is 18.3 Å². The summed E-state index contributed by atoms with van der Waals surface area (Å²) in [6, 6.07) is 8.58. The molecule has 0 fully saturated rings. The molecular formula is C40H61N5O8. The van der Waals surface area contributed by atoms with Gasteiger partial charge >= 0.3 is 24.4 Å². The van der Waals surface area contributed by atoms with E-state index in [2.05, 4.69) is 29.9 Å². The highest BCUT2D eigenvalue weighted by atomic mass is 16.6. The first-order valence-corrected chi connectivity index (χ1v) is 17.9. The maximum atomic E-state index is 12.7. The zero-order valence-electron chi connectivity index (χ0n) is 34.9. The van der Waals surface area contributed by atoms with Crippen LogP contribution in [0.15, 0.2) is 24.3 Å². The van der Waals surface area contributed by atoms with E-state index in [1.807, 2.05) is 26.8 Å². The summed E-state index contributed by atoms with van der Waals surface area (Å²) in [5.41, 5.74) is -0.314. The van der Waals surface area contributed by atoms with E-state index >= 15 is 0 Å². The molecular weight excluding hydrogens is 678 g/mol. The van der Waals surface area contributed by atoms with E-state index in [0.717, 1.165) is 33.9 Å². The van der Waals surface area contributed by atoms with Crippen molar-refractivity contribution in [3.63, 3.8) is 0 Å². The maximum absolute atomic E-state index is 12.7. The third kappa shape index (κ3) is 15.4. The Morgan fingerprint density at radius 1 is 0.604 bits per heavy atom. The van der Waals surface area contributed by atoms with Crippen LogP contribution in [-0.4, -0.2) is 56.7 Å². The number of aromatic nitrogens is 2. The predicted octanol–water partition coefficient (Wildman–Crippen LogP) is 10.7. The number of anilines is 2. The number of ether oxygens (including phenoxy) is 4. The Morgan fingerprint density at radius 2 is 0.906 bits per heavy atom. The molecule has 2 heterocycles. The summed E-state index contributed by atoms with van der Waals surface area (Å²) < 4.78 is 21.5. The van der Waals surface area contributed by atoms with Gasteiger partial charge in [-0.25, -0.2) is 29.1 Å². The van der Waals surface area contributed by atoms with Gasteiger partial charge in [0.2, 0.25) is 0 Å². The Balaban J connectivity index is 0.000000530. The van der Waals surface area contributed by atoms with Crippen molar-refractivity contribution in [2.45, 2.75) is 165 Å². The molecule has 13 nitrogen and oxygen atoms in total. The topological polar surface area (TPSA) is 161 Å². The van der Waals surface area contributed by atoms with Crippen LogP contribution in [0.5, 0.6) is 0 Å². The zero-order valence-corrected chi connectivity index (χ0v) is 34.9. The number of pyridine rings is 2. The lowest BCUT2D eigenvalue weighted by molar-refractivity contribution is 0.0406. The van der Waals surface area contributed by atoms with Gasteiger partial charge in [-0.3, -0.25) is 0 Å². The second-order valence-electron chi connectivity index (χ2n) is 16.8. The first-order valence-electron chi connectivity index (χ1n) is 17.9. The van der Waals surface area contributed by atoms with Crippen molar-refractivity contribution in [1.82, 2.24) is 9.97 Å². The van der Waals surface area contributed by atoms with Crippen molar-refractivity contribution in [1.29, 1.82) is 5.26 Å². The molecule has 0 aliphatic rings. The predicted molar refractivity (Wildman–Crippen MR) is 205 cm³/mol. The number of amides is 4.